The molecule has 0 aromatic heterocycles. The summed E-state index contributed by atoms with van der Waals surface area (Å²) in [5.41, 5.74) is 5.64. The van der Waals surface area contributed by atoms with Gasteiger partial charge < -0.3 is 5.32 Å². The van der Waals surface area contributed by atoms with Crippen LogP contribution in [-0.2, 0) is 12.8 Å². The van der Waals surface area contributed by atoms with Crippen molar-refractivity contribution >= 4 is 12.2 Å². The van der Waals surface area contributed by atoms with Crippen LogP contribution in [0.3, 0.4) is 0 Å². The molecule has 0 saturated heterocycles. The van der Waals surface area contributed by atoms with Gasteiger partial charge in [-0.1, -0.05) is 60.7 Å². The summed E-state index contributed by atoms with van der Waals surface area (Å²) in [4.78, 5) is 0. The van der Waals surface area contributed by atoms with Crippen molar-refractivity contribution in [3.63, 3.8) is 0 Å². The predicted octanol–water partition coefficient (Wildman–Crippen LogP) is 3.55. The maximum atomic E-state index is 3.47. The lowest BCUT2D eigenvalue weighted by atomic mass is 9.96. The second kappa shape index (κ2) is 5.85. The summed E-state index contributed by atoms with van der Waals surface area (Å²) >= 11 is 0. The Labute approximate surface area is 115 Å². The minimum Gasteiger partial charge on any atom is -0.316 e. The molecule has 1 heterocycles. The van der Waals surface area contributed by atoms with Crippen LogP contribution in [0.15, 0.2) is 48.5 Å². The van der Waals surface area contributed by atoms with Crippen LogP contribution >= 0.6 is 0 Å². The van der Waals surface area contributed by atoms with Gasteiger partial charge in [-0.05, 0) is 48.2 Å². The Hall–Kier alpha value is -1.86. The van der Waals surface area contributed by atoms with E-state index in [1.165, 1.54) is 22.3 Å². The minimum atomic E-state index is 1.09. The zero-order chi connectivity index (χ0) is 12.9. The van der Waals surface area contributed by atoms with E-state index in [0.29, 0.717) is 0 Å². The van der Waals surface area contributed by atoms with Gasteiger partial charge in [-0.15, -0.1) is 0 Å². The van der Waals surface area contributed by atoms with Crippen molar-refractivity contribution in [2.75, 3.05) is 13.1 Å². The number of fused-ring (bicyclic) bond motifs is 1. The van der Waals surface area contributed by atoms with Crippen LogP contribution in [0, 0.1) is 0 Å². The average Bonchev–Trinajstić information content (AvgIpc) is 2.72. The smallest absolute Gasteiger partial charge is 0.000790 e. The molecule has 1 nitrogen and oxygen atoms in total. The maximum absolute atomic E-state index is 3.47. The van der Waals surface area contributed by atoms with E-state index in [2.05, 4.69) is 66.0 Å². The van der Waals surface area contributed by atoms with Gasteiger partial charge in [0, 0.05) is 0 Å². The van der Waals surface area contributed by atoms with Gasteiger partial charge in [0.05, 0.1) is 0 Å². The van der Waals surface area contributed by atoms with Crippen LogP contribution in [0.5, 0.6) is 0 Å². The normalized spacial score (nSPS) is 15.2. The minimum absolute atomic E-state index is 1.09. The zero-order valence-corrected chi connectivity index (χ0v) is 11.1. The van der Waals surface area contributed by atoms with Gasteiger partial charge >= 0.3 is 0 Å². The first-order valence-electron chi connectivity index (χ1n) is 6.98. The molecule has 0 amide bonds. The van der Waals surface area contributed by atoms with Crippen molar-refractivity contribution in [2.24, 2.45) is 0 Å². The molecule has 0 radical (unpaired) electrons. The molecule has 96 valence electrons. The summed E-state index contributed by atoms with van der Waals surface area (Å²) in [6.07, 6.45) is 6.72. The highest BCUT2D eigenvalue weighted by molar-refractivity contribution is 5.71. The first-order chi connectivity index (χ1) is 9.43. The van der Waals surface area contributed by atoms with Gasteiger partial charge in [0.25, 0.3) is 0 Å². The fourth-order valence-electron chi connectivity index (χ4n) is 2.66. The van der Waals surface area contributed by atoms with Crippen molar-refractivity contribution in [2.45, 2.75) is 12.8 Å². The van der Waals surface area contributed by atoms with Crippen molar-refractivity contribution in [3.8, 4) is 0 Å². The molecule has 0 fully saturated rings. The van der Waals surface area contributed by atoms with Crippen LogP contribution < -0.4 is 5.32 Å². The largest absolute Gasteiger partial charge is 0.316 e. The maximum Gasteiger partial charge on any atom is -0.000790 e. The third-order valence-electron chi connectivity index (χ3n) is 3.69. The Morgan fingerprint density at radius 3 is 2.53 bits per heavy atom. The van der Waals surface area contributed by atoms with E-state index in [4.69, 9.17) is 0 Å². The van der Waals surface area contributed by atoms with E-state index in [0.717, 1.165) is 25.9 Å². The Balaban J connectivity index is 1.91. The Morgan fingerprint density at radius 2 is 1.63 bits per heavy atom. The van der Waals surface area contributed by atoms with Gasteiger partial charge in [0.1, 0.15) is 0 Å². The molecule has 0 bridgehead atoms. The summed E-state index contributed by atoms with van der Waals surface area (Å²) in [5, 5.41) is 3.47. The lowest BCUT2D eigenvalue weighted by Gasteiger charge is -2.08. The number of nitrogens with one attached hydrogen (secondary N) is 1. The van der Waals surface area contributed by atoms with Crippen molar-refractivity contribution in [3.05, 3.63) is 70.8 Å². The molecule has 2 aromatic carbocycles. The van der Waals surface area contributed by atoms with Gasteiger partial charge in [0.15, 0.2) is 0 Å². The highest BCUT2D eigenvalue weighted by atomic mass is 14.8. The van der Waals surface area contributed by atoms with Gasteiger partial charge in [-0.2, -0.15) is 0 Å². The van der Waals surface area contributed by atoms with Crippen molar-refractivity contribution in [1.29, 1.82) is 0 Å². The first kappa shape index (κ1) is 12.2. The fourth-order valence-corrected chi connectivity index (χ4v) is 2.66. The van der Waals surface area contributed by atoms with E-state index in [1.807, 2.05) is 0 Å². The van der Waals surface area contributed by atoms with Crippen molar-refractivity contribution in [1.82, 2.24) is 5.32 Å². The fraction of sp³-hybridized carbons (Fsp3) is 0.222. The number of rotatable bonds is 2. The molecule has 0 atom stereocenters. The average molecular weight is 249 g/mol. The highest BCUT2D eigenvalue weighted by Gasteiger charge is 2.09. The predicted molar refractivity (Wildman–Crippen MR) is 82.1 cm³/mol. The molecule has 3 rings (SSSR count). The standard InChI is InChI=1S/C18H19N/c1-2-5-15(6-3-1)9-10-16-7-4-8-17-11-13-19-14-12-18(16)17/h1-10,19H,11-14H2/b10-9-. The molecule has 1 aliphatic heterocycles. The number of benzene rings is 2. The van der Waals surface area contributed by atoms with E-state index >= 15 is 0 Å². The zero-order valence-electron chi connectivity index (χ0n) is 11.1. The summed E-state index contributed by atoms with van der Waals surface area (Å²) < 4.78 is 0. The SMILES string of the molecule is C(=C/c1cccc2c1CCNCC2)/c1ccccc1. The molecule has 0 aliphatic carbocycles. The molecule has 2 aromatic rings. The molecular formula is C18H19N. The summed E-state index contributed by atoms with van der Waals surface area (Å²) in [6.45, 7) is 2.18. The monoisotopic (exact) mass is 249 g/mol. The van der Waals surface area contributed by atoms with Crippen LogP contribution in [-0.4, -0.2) is 13.1 Å². The number of hydrogen-bond acceptors (Lipinski definition) is 1. The molecule has 1 heteroatoms. The molecule has 19 heavy (non-hydrogen) atoms. The van der Waals surface area contributed by atoms with Crippen molar-refractivity contribution < 1.29 is 0 Å². The summed E-state index contributed by atoms with van der Waals surface area (Å²) in [7, 11) is 0. The second-order valence-corrected chi connectivity index (χ2v) is 4.98. The third-order valence-corrected chi connectivity index (χ3v) is 3.69. The Kier molecular flexibility index (Phi) is 3.75. The Bertz CT molecular complexity index is 569. The quantitative estimate of drug-likeness (QED) is 0.803. The van der Waals surface area contributed by atoms with Crippen LogP contribution in [0.4, 0.5) is 0 Å². The number of hydrogen-bond donors (Lipinski definition) is 1. The Morgan fingerprint density at radius 1 is 0.789 bits per heavy atom. The van der Waals surface area contributed by atoms with Crippen LogP contribution in [0.1, 0.15) is 22.3 Å². The summed E-state index contributed by atoms with van der Waals surface area (Å²) in [5.74, 6) is 0. The van der Waals surface area contributed by atoms with E-state index in [1.54, 1.807) is 0 Å². The van der Waals surface area contributed by atoms with Gasteiger partial charge in [-0.3, -0.25) is 0 Å². The van der Waals surface area contributed by atoms with E-state index in [-0.39, 0.29) is 0 Å². The van der Waals surface area contributed by atoms with Gasteiger partial charge in [0.2, 0.25) is 0 Å². The second-order valence-electron chi connectivity index (χ2n) is 4.98. The first-order valence-corrected chi connectivity index (χ1v) is 6.98. The molecule has 1 N–H and O–H groups in total. The lowest BCUT2D eigenvalue weighted by molar-refractivity contribution is 0.711. The molecule has 0 unspecified atom stereocenters. The highest BCUT2D eigenvalue weighted by Crippen LogP contribution is 2.20. The molecule has 0 saturated carbocycles. The van der Waals surface area contributed by atoms with Gasteiger partial charge in [-0.25, -0.2) is 0 Å². The molecule has 1 aliphatic rings. The van der Waals surface area contributed by atoms with E-state index < -0.39 is 0 Å². The van der Waals surface area contributed by atoms with Crippen LogP contribution in [0.25, 0.3) is 12.2 Å². The molecular weight excluding hydrogens is 230 g/mol. The summed E-state index contributed by atoms with van der Waals surface area (Å²) in [6, 6.07) is 17.2. The van der Waals surface area contributed by atoms with Crippen LogP contribution in [0.2, 0.25) is 0 Å². The molecule has 0 spiro atoms. The lowest BCUT2D eigenvalue weighted by Crippen LogP contribution is -2.16. The third kappa shape index (κ3) is 2.94. The van der Waals surface area contributed by atoms with E-state index in [9.17, 15) is 0 Å². The topological polar surface area (TPSA) is 12.0 Å².